The molecule has 0 radical (unpaired) electrons. The number of nitrogens with zero attached hydrogens (tertiary/aromatic N) is 2. The molecule has 0 aliphatic rings. The van der Waals surface area contributed by atoms with Crippen LogP contribution in [-0.2, 0) is 28.7 Å². The monoisotopic (exact) mass is 572 g/mol. The van der Waals surface area contributed by atoms with Crippen LogP contribution in [0.25, 0.3) is 0 Å². The molecule has 0 heterocycles. The summed E-state index contributed by atoms with van der Waals surface area (Å²) >= 11 is 0. The van der Waals surface area contributed by atoms with E-state index in [0.717, 1.165) is 43.1 Å². The number of guanidine groups is 1. The minimum Gasteiger partial charge on any atom is -0.357 e. The summed E-state index contributed by atoms with van der Waals surface area (Å²) in [5.74, 6) is 0.859. The molecule has 6 nitrogen and oxygen atoms in total. The third-order valence-electron chi connectivity index (χ3n) is 5.10. The molecule has 2 aromatic carbocycles. The van der Waals surface area contributed by atoms with Crippen molar-refractivity contribution in [2.75, 3.05) is 26.4 Å². The molecule has 0 amide bonds. The zero-order valence-corrected chi connectivity index (χ0v) is 22.7. The number of sulfone groups is 1. The Morgan fingerprint density at radius 3 is 2.22 bits per heavy atom. The van der Waals surface area contributed by atoms with Gasteiger partial charge in [0.2, 0.25) is 0 Å². The first-order valence-electron chi connectivity index (χ1n) is 10.8. The molecule has 2 N–H and O–H groups in total. The van der Waals surface area contributed by atoms with E-state index in [9.17, 15) is 8.42 Å². The Kier molecular flexibility index (Phi) is 12.9. The van der Waals surface area contributed by atoms with E-state index < -0.39 is 9.84 Å². The number of hydrogen-bond acceptors (Lipinski definition) is 4. The van der Waals surface area contributed by atoms with Crippen LogP contribution in [0.4, 0.5) is 0 Å². The first kappa shape index (κ1) is 28.4. The van der Waals surface area contributed by atoms with Crippen molar-refractivity contribution in [3.05, 3.63) is 71.3 Å². The van der Waals surface area contributed by atoms with Crippen LogP contribution in [0, 0.1) is 0 Å². The Morgan fingerprint density at radius 2 is 1.62 bits per heavy atom. The van der Waals surface area contributed by atoms with Crippen LogP contribution < -0.4 is 10.6 Å². The Bertz CT molecular complexity index is 919. The molecule has 1 unspecified atom stereocenters. The first-order chi connectivity index (χ1) is 14.8. The highest BCUT2D eigenvalue weighted by Crippen LogP contribution is 2.09. The van der Waals surface area contributed by atoms with Crippen molar-refractivity contribution >= 4 is 39.8 Å². The molecule has 178 valence electrons. The maximum atomic E-state index is 11.4. The molecule has 0 aliphatic carbocycles. The summed E-state index contributed by atoms with van der Waals surface area (Å²) in [4.78, 5) is 7.02. The van der Waals surface area contributed by atoms with E-state index in [1.54, 1.807) is 0 Å². The fourth-order valence-electron chi connectivity index (χ4n) is 3.20. The molecule has 0 saturated carbocycles. The van der Waals surface area contributed by atoms with Gasteiger partial charge in [0.05, 0.1) is 12.3 Å². The fourth-order valence-corrected chi connectivity index (χ4v) is 4.00. The standard InChI is InChI=1S/C24H36N4O2S.HI/c1-5-25-24(27-17-21-11-13-23(14-12-21)19-31(4,29)30)26-16-15-20(2)28(3)18-22-9-7-6-8-10-22;/h6-14,20H,5,15-19H2,1-4H3,(H2,25,26,27);1H. The molecule has 0 spiro atoms. The maximum Gasteiger partial charge on any atom is 0.191 e. The van der Waals surface area contributed by atoms with Gasteiger partial charge in [0.15, 0.2) is 15.8 Å². The van der Waals surface area contributed by atoms with Crippen LogP contribution in [0.2, 0.25) is 0 Å². The summed E-state index contributed by atoms with van der Waals surface area (Å²) in [7, 11) is -0.858. The quantitative estimate of drug-likeness (QED) is 0.244. The largest absolute Gasteiger partial charge is 0.357 e. The molecular formula is C24H37IN4O2S. The third-order valence-corrected chi connectivity index (χ3v) is 5.96. The molecule has 8 heteroatoms. The average molecular weight is 573 g/mol. The van der Waals surface area contributed by atoms with Crippen LogP contribution in [0.5, 0.6) is 0 Å². The van der Waals surface area contributed by atoms with Crippen LogP contribution in [0.3, 0.4) is 0 Å². The maximum absolute atomic E-state index is 11.4. The predicted octanol–water partition coefficient (Wildman–Crippen LogP) is 3.81. The Balaban J connectivity index is 0.00000512. The minimum absolute atomic E-state index is 0. The summed E-state index contributed by atoms with van der Waals surface area (Å²) < 4.78 is 22.8. The summed E-state index contributed by atoms with van der Waals surface area (Å²) in [5, 5.41) is 6.70. The molecule has 0 saturated heterocycles. The SMILES string of the molecule is CCNC(=NCc1ccc(CS(C)(=O)=O)cc1)NCCC(C)N(C)Cc1ccccc1.I. The number of benzene rings is 2. The highest BCUT2D eigenvalue weighted by atomic mass is 127. The van der Waals surface area contributed by atoms with Crippen LogP contribution in [0.1, 0.15) is 37.0 Å². The lowest BCUT2D eigenvalue weighted by Gasteiger charge is -2.25. The second kappa shape index (κ2) is 14.5. The van der Waals surface area contributed by atoms with Gasteiger partial charge in [0.1, 0.15) is 0 Å². The average Bonchev–Trinajstić information content (AvgIpc) is 2.72. The lowest BCUT2D eigenvalue weighted by atomic mass is 10.1. The van der Waals surface area contributed by atoms with Gasteiger partial charge in [-0.05, 0) is 44.0 Å². The van der Waals surface area contributed by atoms with Crippen LogP contribution >= 0.6 is 24.0 Å². The van der Waals surface area contributed by atoms with Gasteiger partial charge < -0.3 is 10.6 Å². The van der Waals surface area contributed by atoms with E-state index in [4.69, 9.17) is 0 Å². The second-order valence-electron chi connectivity index (χ2n) is 8.05. The van der Waals surface area contributed by atoms with Gasteiger partial charge in [-0.3, -0.25) is 4.90 Å². The normalized spacial score (nSPS) is 12.8. The van der Waals surface area contributed by atoms with Crippen molar-refractivity contribution in [1.29, 1.82) is 0 Å². The molecule has 0 aliphatic heterocycles. The first-order valence-corrected chi connectivity index (χ1v) is 12.8. The fraction of sp³-hybridized carbons (Fsp3) is 0.458. The lowest BCUT2D eigenvalue weighted by molar-refractivity contribution is 0.238. The van der Waals surface area contributed by atoms with Crippen molar-refractivity contribution in [3.8, 4) is 0 Å². The number of halogens is 1. The zero-order chi connectivity index (χ0) is 22.7. The molecule has 0 fully saturated rings. The number of nitrogens with one attached hydrogen (secondary N) is 2. The Morgan fingerprint density at radius 1 is 1.00 bits per heavy atom. The second-order valence-corrected chi connectivity index (χ2v) is 10.2. The number of hydrogen-bond donors (Lipinski definition) is 2. The van der Waals surface area contributed by atoms with Crippen LogP contribution in [0.15, 0.2) is 59.6 Å². The van der Waals surface area contributed by atoms with E-state index in [1.807, 2.05) is 37.3 Å². The van der Waals surface area contributed by atoms with Crippen molar-refractivity contribution in [2.24, 2.45) is 4.99 Å². The predicted molar refractivity (Wildman–Crippen MR) is 145 cm³/mol. The van der Waals surface area contributed by atoms with Gasteiger partial charge in [-0.25, -0.2) is 13.4 Å². The van der Waals surface area contributed by atoms with Crippen molar-refractivity contribution < 1.29 is 8.42 Å². The van der Waals surface area contributed by atoms with Gasteiger partial charge in [-0.15, -0.1) is 24.0 Å². The summed E-state index contributed by atoms with van der Waals surface area (Å²) in [6, 6.07) is 18.5. The van der Waals surface area contributed by atoms with Gasteiger partial charge >= 0.3 is 0 Å². The van der Waals surface area contributed by atoms with Crippen LogP contribution in [-0.4, -0.2) is 51.7 Å². The molecule has 32 heavy (non-hydrogen) atoms. The molecule has 2 rings (SSSR count). The molecule has 0 bridgehead atoms. The van der Waals surface area contributed by atoms with E-state index in [-0.39, 0.29) is 29.7 Å². The minimum atomic E-state index is -3.02. The highest BCUT2D eigenvalue weighted by Gasteiger charge is 2.10. The van der Waals surface area contributed by atoms with Crippen molar-refractivity contribution in [2.45, 2.75) is 45.2 Å². The van der Waals surface area contributed by atoms with Gasteiger partial charge in [-0.2, -0.15) is 0 Å². The smallest absolute Gasteiger partial charge is 0.191 e. The topological polar surface area (TPSA) is 73.8 Å². The Hall–Kier alpha value is -1.65. The molecular weight excluding hydrogens is 535 g/mol. The van der Waals surface area contributed by atoms with E-state index in [2.05, 4.69) is 58.8 Å². The summed E-state index contributed by atoms with van der Waals surface area (Å²) in [6.45, 7) is 7.39. The molecule has 1 atom stereocenters. The molecule has 0 aromatic heterocycles. The van der Waals surface area contributed by atoms with Gasteiger partial charge in [-0.1, -0.05) is 54.6 Å². The lowest BCUT2D eigenvalue weighted by Crippen LogP contribution is -2.40. The summed E-state index contributed by atoms with van der Waals surface area (Å²) in [5.41, 5.74) is 3.17. The van der Waals surface area contributed by atoms with Gasteiger partial charge in [0.25, 0.3) is 0 Å². The third kappa shape index (κ3) is 11.3. The summed E-state index contributed by atoms with van der Waals surface area (Å²) in [6.07, 6.45) is 2.26. The zero-order valence-electron chi connectivity index (χ0n) is 19.5. The van der Waals surface area contributed by atoms with Crippen molar-refractivity contribution in [3.63, 3.8) is 0 Å². The van der Waals surface area contributed by atoms with E-state index in [1.165, 1.54) is 11.8 Å². The number of aliphatic imine (C=N–C) groups is 1. The Labute approximate surface area is 210 Å². The highest BCUT2D eigenvalue weighted by molar-refractivity contribution is 14.0. The number of rotatable bonds is 11. The van der Waals surface area contributed by atoms with Gasteiger partial charge in [0, 0.05) is 31.9 Å². The molecule has 2 aromatic rings. The van der Waals surface area contributed by atoms with E-state index >= 15 is 0 Å². The van der Waals surface area contributed by atoms with E-state index in [0.29, 0.717) is 12.6 Å². The van der Waals surface area contributed by atoms with Crippen molar-refractivity contribution in [1.82, 2.24) is 15.5 Å².